The van der Waals surface area contributed by atoms with Crippen molar-refractivity contribution in [3.8, 4) is 5.75 Å². The number of hydrogen-bond acceptors (Lipinski definition) is 2. The summed E-state index contributed by atoms with van der Waals surface area (Å²) in [5.74, 6) is 0.289. The van der Waals surface area contributed by atoms with Crippen molar-refractivity contribution in [2.24, 2.45) is 5.73 Å². The van der Waals surface area contributed by atoms with Crippen molar-refractivity contribution in [1.29, 1.82) is 0 Å². The molecule has 1 aliphatic rings. The van der Waals surface area contributed by atoms with E-state index in [-0.39, 0.29) is 11.8 Å². The minimum atomic E-state index is 0.0355. The van der Waals surface area contributed by atoms with Crippen LogP contribution in [0.5, 0.6) is 5.75 Å². The SMILES string of the molecule is NC1CCCc2c(O)cc(Cl)cc21. The van der Waals surface area contributed by atoms with Crippen LogP contribution in [0.25, 0.3) is 0 Å². The largest absolute Gasteiger partial charge is 0.508 e. The van der Waals surface area contributed by atoms with Crippen LogP contribution < -0.4 is 5.73 Å². The standard InChI is InChI=1S/C10H12ClNO/c11-6-4-8-7(10(13)5-6)2-1-3-9(8)12/h4-5,9,13H,1-3,12H2. The van der Waals surface area contributed by atoms with Crippen LogP contribution in [0.3, 0.4) is 0 Å². The number of fused-ring (bicyclic) bond motifs is 1. The maximum Gasteiger partial charge on any atom is 0.120 e. The van der Waals surface area contributed by atoms with Gasteiger partial charge in [0.2, 0.25) is 0 Å². The first-order chi connectivity index (χ1) is 6.18. The summed E-state index contributed by atoms with van der Waals surface area (Å²) >= 11 is 5.83. The molecule has 1 aromatic carbocycles. The highest BCUT2D eigenvalue weighted by molar-refractivity contribution is 6.30. The maximum absolute atomic E-state index is 9.61. The highest BCUT2D eigenvalue weighted by atomic mass is 35.5. The van der Waals surface area contributed by atoms with Gasteiger partial charge in [-0.05, 0) is 42.5 Å². The molecule has 2 nitrogen and oxygen atoms in total. The Balaban J connectivity index is 2.56. The van der Waals surface area contributed by atoms with E-state index in [1.807, 2.05) is 6.07 Å². The Hall–Kier alpha value is -0.730. The first-order valence-corrected chi connectivity index (χ1v) is 4.83. The molecule has 0 radical (unpaired) electrons. The number of aromatic hydroxyl groups is 1. The van der Waals surface area contributed by atoms with Crippen LogP contribution in [0, 0.1) is 0 Å². The van der Waals surface area contributed by atoms with E-state index in [2.05, 4.69) is 0 Å². The Labute approximate surface area is 82.3 Å². The monoisotopic (exact) mass is 197 g/mol. The molecule has 70 valence electrons. The predicted molar refractivity (Wildman–Crippen MR) is 53.0 cm³/mol. The zero-order chi connectivity index (χ0) is 9.42. The molecule has 0 aliphatic heterocycles. The van der Waals surface area contributed by atoms with Gasteiger partial charge in [-0.3, -0.25) is 0 Å². The number of phenols is 1. The summed E-state index contributed by atoms with van der Waals surface area (Å²) in [5, 5.41) is 10.2. The fraction of sp³-hybridized carbons (Fsp3) is 0.400. The van der Waals surface area contributed by atoms with E-state index in [1.54, 1.807) is 6.07 Å². The maximum atomic E-state index is 9.61. The summed E-state index contributed by atoms with van der Waals surface area (Å²) < 4.78 is 0. The van der Waals surface area contributed by atoms with E-state index in [9.17, 15) is 5.11 Å². The highest BCUT2D eigenvalue weighted by Gasteiger charge is 2.19. The van der Waals surface area contributed by atoms with E-state index in [4.69, 9.17) is 17.3 Å². The number of rotatable bonds is 0. The molecule has 0 saturated heterocycles. The van der Waals surface area contributed by atoms with Crippen molar-refractivity contribution >= 4 is 11.6 Å². The van der Waals surface area contributed by atoms with E-state index >= 15 is 0 Å². The molecule has 0 amide bonds. The molecule has 0 bridgehead atoms. The van der Waals surface area contributed by atoms with Gasteiger partial charge in [0, 0.05) is 11.1 Å². The lowest BCUT2D eigenvalue weighted by molar-refractivity contribution is 0.455. The molecule has 0 heterocycles. The topological polar surface area (TPSA) is 46.2 Å². The van der Waals surface area contributed by atoms with Gasteiger partial charge in [-0.15, -0.1) is 0 Å². The summed E-state index contributed by atoms with van der Waals surface area (Å²) in [7, 11) is 0. The molecule has 1 unspecified atom stereocenters. The van der Waals surface area contributed by atoms with Gasteiger partial charge in [-0.1, -0.05) is 11.6 Å². The van der Waals surface area contributed by atoms with Crippen LogP contribution in [0.4, 0.5) is 0 Å². The van der Waals surface area contributed by atoms with Gasteiger partial charge in [0.15, 0.2) is 0 Å². The lowest BCUT2D eigenvalue weighted by atomic mass is 9.88. The molecule has 1 aliphatic carbocycles. The third-order valence-corrected chi connectivity index (χ3v) is 2.79. The van der Waals surface area contributed by atoms with Gasteiger partial charge in [0.25, 0.3) is 0 Å². The minimum absolute atomic E-state index is 0.0355. The average molecular weight is 198 g/mol. The summed E-state index contributed by atoms with van der Waals surface area (Å²) in [4.78, 5) is 0. The lowest BCUT2D eigenvalue weighted by Gasteiger charge is -2.23. The van der Waals surface area contributed by atoms with Crippen molar-refractivity contribution in [2.75, 3.05) is 0 Å². The van der Waals surface area contributed by atoms with Gasteiger partial charge in [-0.2, -0.15) is 0 Å². The van der Waals surface area contributed by atoms with Crippen LogP contribution in [-0.4, -0.2) is 5.11 Å². The Morgan fingerprint density at radius 2 is 2.23 bits per heavy atom. The summed E-state index contributed by atoms with van der Waals surface area (Å²) in [5.41, 5.74) is 7.90. The number of nitrogens with two attached hydrogens (primary N) is 1. The summed E-state index contributed by atoms with van der Waals surface area (Å²) in [6.07, 6.45) is 2.93. The van der Waals surface area contributed by atoms with Gasteiger partial charge < -0.3 is 10.8 Å². The quantitative estimate of drug-likeness (QED) is 0.671. The number of phenolic OH excluding ortho intramolecular Hbond substituents is 1. The smallest absolute Gasteiger partial charge is 0.120 e. The number of benzene rings is 1. The molecule has 2 rings (SSSR count). The van der Waals surface area contributed by atoms with E-state index in [1.165, 1.54) is 0 Å². The minimum Gasteiger partial charge on any atom is -0.508 e. The van der Waals surface area contributed by atoms with E-state index in [0.717, 1.165) is 30.4 Å². The molecule has 0 aromatic heterocycles. The molecule has 1 atom stereocenters. The lowest BCUT2D eigenvalue weighted by Crippen LogP contribution is -2.17. The number of halogens is 1. The van der Waals surface area contributed by atoms with Crippen molar-refractivity contribution in [1.82, 2.24) is 0 Å². The predicted octanol–water partition coefficient (Wildman–Crippen LogP) is 2.38. The van der Waals surface area contributed by atoms with Crippen LogP contribution in [0.1, 0.15) is 30.0 Å². The molecule has 3 heteroatoms. The van der Waals surface area contributed by atoms with E-state index < -0.39 is 0 Å². The molecular formula is C10H12ClNO. The van der Waals surface area contributed by atoms with Gasteiger partial charge >= 0.3 is 0 Å². The van der Waals surface area contributed by atoms with Gasteiger partial charge in [0.1, 0.15) is 5.75 Å². The molecule has 1 aromatic rings. The fourth-order valence-corrected chi connectivity index (χ4v) is 2.12. The molecule has 0 fully saturated rings. The van der Waals surface area contributed by atoms with Crippen LogP contribution in [0.2, 0.25) is 5.02 Å². The Bertz CT molecular complexity index is 338. The summed E-state index contributed by atoms with van der Waals surface area (Å²) in [6, 6.07) is 3.48. The molecular weight excluding hydrogens is 186 g/mol. The van der Waals surface area contributed by atoms with Crippen molar-refractivity contribution in [3.63, 3.8) is 0 Å². The fourth-order valence-electron chi connectivity index (χ4n) is 1.90. The van der Waals surface area contributed by atoms with Crippen molar-refractivity contribution in [3.05, 3.63) is 28.3 Å². The van der Waals surface area contributed by atoms with E-state index in [0.29, 0.717) is 5.02 Å². The van der Waals surface area contributed by atoms with Gasteiger partial charge in [-0.25, -0.2) is 0 Å². The second kappa shape index (κ2) is 3.20. The zero-order valence-corrected chi connectivity index (χ0v) is 8.01. The average Bonchev–Trinajstić information content (AvgIpc) is 2.07. The Kier molecular flexibility index (Phi) is 2.18. The van der Waals surface area contributed by atoms with Crippen LogP contribution in [0.15, 0.2) is 12.1 Å². The van der Waals surface area contributed by atoms with Crippen molar-refractivity contribution < 1.29 is 5.11 Å². The molecule has 0 spiro atoms. The van der Waals surface area contributed by atoms with Crippen molar-refractivity contribution in [2.45, 2.75) is 25.3 Å². The Morgan fingerprint density at radius 1 is 1.46 bits per heavy atom. The van der Waals surface area contributed by atoms with Gasteiger partial charge in [0.05, 0.1) is 0 Å². The van der Waals surface area contributed by atoms with Crippen LogP contribution >= 0.6 is 11.6 Å². The number of hydrogen-bond donors (Lipinski definition) is 2. The molecule has 13 heavy (non-hydrogen) atoms. The molecule has 3 N–H and O–H groups in total. The summed E-state index contributed by atoms with van der Waals surface area (Å²) in [6.45, 7) is 0. The third-order valence-electron chi connectivity index (χ3n) is 2.57. The first-order valence-electron chi connectivity index (χ1n) is 4.45. The Morgan fingerprint density at radius 3 is 3.00 bits per heavy atom. The first kappa shape index (κ1) is 8.85. The highest BCUT2D eigenvalue weighted by Crippen LogP contribution is 2.35. The van der Waals surface area contributed by atoms with Crippen LogP contribution in [-0.2, 0) is 6.42 Å². The normalized spacial score (nSPS) is 21.2. The zero-order valence-electron chi connectivity index (χ0n) is 7.26. The second-order valence-corrected chi connectivity index (χ2v) is 3.93. The third kappa shape index (κ3) is 1.52. The second-order valence-electron chi connectivity index (χ2n) is 3.49. The molecule has 0 saturated carbocycles.